The quantitative estimate of drug-likeness (QED) is 0.370. The van der Waals surface area contributed by atoms with Gasteiger partial charge in [-0.05, 0) is 0 Å². The topological polar surface area (TPSA) is 255 Å². The predicted molar refractivity (Wildman–Crippen MR) is 38.4 cm³/mol. The fraction of sp³-hybridized carbons (Fsp3) is 0. The van der Waals surface area contributed by atoms with Crippen molar-refractivity contribution in [3.8, 4) is 0 Å². The molecule has 13 N–H and O–H groups in total. The molecular weight excluding hydrogens is 445 g/mol. The van der Waals surface area contributed by atoms with Crippen LogP contribution in [0, 0.1) is 10.8 Å². The van der Waals surface area contributed by atoms with Gasteiger partial charge in [-0.1, -0.05) is 0 Å². The SMILES string of the molecule is Cl.Cl.O.O.O.O.O.O.[O-][Cl+2]([O-])O.[Pt+2]. The zero-order chi connectivity index (χ0) is 3.58. The average Bonchev–Trinajstić information content (AvgIpc) is 0.811. The van der Waals surface area contributed by atoms with Crippen LogP contribution in [-0.4, -0.2) is 37.5 Å². The van der Waals surface area contributed by atoms with Crippen molar-refractivity contribution in [1.82, 2.24) is 0 Å². The summed E-state index contributed by atoms with van der Waals surface area (Å²) in [6.07, 6.45) is 0. The first-order valence-electron chi connectivity index (χ1n) is 0.478. The van der Waals surface area contributed by atoms with Gasteiger partial charge in [-0.3, -0.25) is 0 Å². The largest absolute Gasteiger partial charge is 2.00 e. The van der Waals surface area contributed by atoms with E-state index in [2.05, 4.69) is 0 Å². The van der Waals surface area contributed by atoms with Crippen LogP contribution in [0.4, 0.5) is 0 Å². The third kappa shape index (κ3) is 1150. The van der Waals surface area contributed by atoms with Crippen LogP contribution < -0.4 is 9.32 Å². The monoisotopic (exact) mass is 459 g/mol. The van der Waals surface area contributed by atoms with Gasteiger partial charge >= 0.3 is 21.1 Å². The van der Waals surface area contributed by atoms with E-state index in [4.69, 9.17) is 14.0 Å². The van der Waals surface area contributed by atoms with Crippen molar-refractivity contribution in [3.05, 3.63) is 0 Å². The Morgan fingerprint density at radius 2 is 0.692 bits per heavy atom. The second-order valence-corrected chi connectivity index (χ2v) is 0.603. The van der Waals surface area contributed by atoms with Gasteiger partial charge in [-0.2, -0.15) is 0 Å². The molecule has 0 amide bonds. The summed E-state index contributed by atoms with van der Waals surface area (Å²) >= 11 is 0. The molecule has 98 valence electrons. The molecular formula is H15Cl3O9Pt+2. The molecule has 0 bridgehead atoms. The normalized spacial score (nSPS) is 2.77. The third-order valence-corrected chi connectivity index (χ3v) is 0. The summed E-state index contributed by atoms with van der Waals surface area (Å²) in [5.74, 6) is 0. The molecule has 0 aromatic rings. The Labute approximate surface area is 103 Å². The number of halogens is 3. The first kappa shape index (κ1) is 140. The molecule has 9 nitrogen and oxygen atoms in total. The van der Waals surface area contributed by atoms with Gasteiger partial charge in [0.15, 0.2) is 0 Å². The van der Waals surface area contributed by atoms with E-state index in [-0.39, 0.29) is 78.7 Å². The van der Waals surface area contributed by atoms with Gasteiger partial charge in [0, 0.05) is 4.66 Å². The summed E-state index contributed by atoms with van der Waals surface area (Å²) in [6.45, 7) is 0. The van der Waals surface area contributed by atoms with E-state index in [1.807, 2.05) is 0 Å². The van der Waals surface area contributed by atoms with Gasteiger partial charge in [0.25, 0.3) is 10.8 Å². The zero-order valence-electron chi connectivity index (χ0n) is 5.77. The summed E-state index contributed by atoms with van der Waals surface area (Å²) in [6, 6.07) is 0. The van der Waals surface area contributed by atoms with Crippen LogP contribution in [0.1, 0.15) is 0 Å². The van der Waals surface area contributed by atoms with Crippen molar-refractivity contribution in [2.75, 3.05) is 0 Å². The average molecular weight is 461 g/mol. The van der Waals surface area contributed by atoms with Crippen LogP contribution in [0.5, 0.6) is 0 Å². The van der Waals surface area contributed by atoms with Gasteiger partial charge in [0.2, 0.25) is 0 Å². The first-order chi connectivity index (χ1) is 1.73. The molecule has 0 rings (SSSR count). The Morgan fingerprint density at radius 1 is 0.692 bits per heavy atom. The Balaban J connectivity index is -0.00000000125. The molecule has 0 aromatic carbocycles. The van der Waals surface area contributed by atoms with Crippen molar-refractivity contribution in [2.45, 2.75) is 0 Å². The Bertz CT molecular complexity index is 19.6. The summed E-state index contributed by atoms with van der Waals surface area (Å²) < 4.78 is 24.0. The minimum atomic E-state index is -2.60. The van der Waals surface area contributed by atoms with Crippen LogP contribution in [0.3, 0.4) is 0 Å². The first-order valence-corrected chi connectivity index (χ1v) is 1.43. The molecule has 0 spiro atoms. The molecule has 0 fully saturated rings. The van der Waals surface area contributed by atoms with Gasteiger partial charge in [-0.25, -0.2) is 0 Å². The standard InChI is InChI=1S/ClHO3.2ClH.6H2O.Pt/c2-1(3)4;;;;;;;;;/h2H;2*1H;6*1H2;/q;;;;;;;;;+2. The van der Waals surface area contributed by atoms with Gasteiger partial charge in [0.05, 0.1) is 0 Å². The molecule has 0 saturated carbocycles. The van der Waals surface area contributed by atoms with Crippen LogP contribution >= 0.6 is 24.8 Å². The number of hydrogen-bond donors (Lipinski definition) is 1. The van der Waals surface area contributed by atoms with Gasteiger partial charge in [0.1, 0.15) is 0 Å². The van der Waals surface area contributed by atoms with Crippen LogP contribution in [0.2, 0.25) is 0 Å². The summed E-state index contributed by atoms with van der Waals surface area (Å²) in [7, 11) is -2.60. The van der Waals surface area contributed by atoms with E-state index >= 15 is 0 Å². The smallest absolute Gasteiger partial charge is 0.412 e. The third-order valence-electron chi connectivity index (χ3n) is 0. The van der Waals surface area contributed by atoms with Crippen LogP contribution in [0.25, 0.3) is 0 Å². The van der Waals surface area contributed by atoms with Crippen LogP contribution in [-0.2, 0) is 21.1 Å². The Morgan fingerprint density at radius 3 is 0.692 bits per heavy atom. The van der Waals surface area contributed by atoms with Crippen molar-refractivity contribution >= 4 is 24.8 Å². The molecule has 0 aliphatic carbocycles. The molecule has 0 heterocycles. The van der Waals surface area contributed by atoms with E-state index in [0.29, 0.717) is 0 Å². The number of rotatable bonds is 0. The van der Waals surface area contributed by atoms with E-state index < -0.39 is 10.8 Å². The van der Waals surface area contributed by atoms with E-state index in [1.54, 1.807) is 0 Å². The zero-order valence-corrected chi connectivity index (χ0v) is 10.4. The Hall–Kier alpha value is 1.20. The minimum Gasteiger partial charge on any atom is -0.412 e. The molecule has 0 radical (unpaired) electrons. The van der Waals surface area contributed by atoms with Crippen molar-refractivity contribution in [1.29, 1.82) is 0 Å². The number of hydrogen-bond acceptors (Lipinski definition) is 3. The summed E-state index contributed by atoms with van der Waals surface area (Å²) in [5.41, 5.74) is 0. The maximum Gasteiger partial charge on any atom is 2.00 e. The summed E-state index contributed by atoms with van der Waals surface area (Å²) in [4.78, 5) is 0. The maximum absolute atomic E-state index is 8.52. The minimum absolute atomic E-state index is 0. The fourth-order valence-corrected chi connectivity index (χ4v) is 0. The summed E-state index contributed by atoms with van der Waals surface area (Å²) in [5, 5.41) is 0. The van der Waals surface area contributed by atoms with Crippen molar-refractivity contribution < 1.29 is 78.7 Å². The second-order valence-electron chi connectivity index (χ2n) is 0.201. The predicted octanol–water partition coefficient (Wildman–Crippen LogP) is -7.04. The maximum atomic E-state index is 8.52. The van der Waals surface area contributed by atoms with E-state index in [9.17, 15) is 0 Å². The van der Waals surface area contributed by atoms with Crippen molar-refractivity contribution in [2.24, 2.45) is 0 Å². The van der Waals surface area contributed by atoms with E-state index in [0.717, 1.165) is 0 Å². The molecule has 0 saturated heterocycles. The molecule has 13 heteroatoms. The molecule has 0 unspecified atom stereocenters. The fourth-order valence-electron chi connectivity index (χ4n) is 0. The molecule has 0 aliphatic rings. The van der Waals surface area contributed by atoms with E-state index in [1.165, 1.54) is 0 Å². The van der Waals surface area contributed by atoms with Gasteiger partial charge < -0.3 is 42.2 Å². The second kappa shape index (κ2) is 111. The van der Waals surface area contributed by atoms with Crippen molar-refractivity contribution in [3.63, 3.8) is 0 Å². The molecule has 0 aliphatic heterocycles. The molecule has 0 atom stereocenters. The Kier molecular flexibility index (Phi) is 1200. The molecule has 0 aromatic heterocycles. The van der Waals surface area contributed by atoms with Crippen LogP contribution in [0.15, 0.2) is 0 Å². The molecule has 13 heavy (non-hydrogen) atoms. The van der Waals surface area contributed by atoms with Gasteiger partial charge in [-0.15, -0.1) is 24.8 Å².